The average molecular weight is 364 g/mol. The molecular weight excluding hydrogens is 336 g/mol. The van der Waals surface area contributed by atoms with Crippen LogP contribution < -0.4 is 5.32 Å². The number of para-hydroxylation sites is 1. The highest BCUT2D eigenvalue weighted by molar-refractivity contribution is 5.98. The van der Waals surface area contributed by atoms with Crippen molar-refractivity contribution in [1.82, 2.24) is 10.2 Å². The molecule has 1 aromatic heterocycles. The quantitative estimate of drug-likeness (QED) is 0.564. The minimum Gasteiger partial charge on any atom is -0.453 e. The Hall–Kier alpha value is -2.43. The zero-order valence-electron chi connectivity index (χ0n) is 16.4. The number of fused-ring (bicyclic) bond motifs is 1. The van der Waals surface area contributed by atoms with Gasteiger partial charge in [0.2, 0.25) is 5.78 Å². The molecule has 1 heterocycles. The summed E-state index contributed by atoms with van der Waals surface area (Å²) in [5.74, 6) is 0.395. The first kappa shape index (κ1) is 19.3. The third-order valence-corrected chi connectivity index (χ3v) is 5.04. The predicted octanol–water partition coefficient (Wildman–Crippen LogP) is 4.60. The second-order valence-corrected chi connectivity index (χ2v) is 6.85. The summed E-state index contributed by atoms with van der Waals surface area (Å²) in [7, 11) is 0. The van der Waals surface area contributed by atoms with Crippen molar-refractivity contribution in [2.75, 3.05) is 26.2 Å². The molecule has 0 aliphatic heterocycles. The molecule has 4 heteroatoms. The van der Waals surface area contributed by atoms with Crippen molar-refractivity contribution in [1.29, 1.82) is 0 Å². The normalized spacial score (nSPS) is 12.6. The highest BCUT2D eigenvalue weighted by atomic mass is 16.3. The fourth-order valence-corrected chi connectivity index (χ4v) is 3.44. The van der Waals surface area contributed by atoms with Gasteiger partial charge < -0.3 is 9.73 Å². The Bertz CT molecular complexity index is 846. The summed E-state index contributed by atoms with van der Waals surface area (Å²) in [6, 6.07) is 18.4. The number of furan rings is 1. The van der Waals surface area contributed by atoms with E-state index in [1.807, 2.05) is 30.3 Å². The van der Waals surface area contributed by atoms with Crippen molar-refractivity contribution in [3.05, 3.63) is 71.5 Å². The maximum absolute atomic E-state index is 12.5. The van der Waals surface area contributed by atoms with E-state index in [4.69, 9.17) is 4.42 Å². The molecule has 1 unspecified atom stereocenters. The van der Waals surface area contributed by atoms with E-state index in [1.165, 1.54) is 11.1 Å². The van der Waals surface area contributed by atoms with E-state index in [0.717, 1.165) is 30.6 Å². The number of aryl methyl sites for hydroxylation is 1. The number of hydrogen-bond acceptors (Lipinski definition) is 4. The molecule has 1 atom stereocenters. The van der Waals surface area contributed by atoms with Gasteiger partial charge in [-0.3, -0.25) is 9.69 Å². The van der Waals surface area contributed by atoms with Crippen LogP contribution in [0.3, 0.4) is 0 Å². The van der Waals surface area contributed by atoms with Crippen LogP contribution in [0, 0.1) is 6.92 Å². The highest BCUT2D eigenvalue weighted by Gasteiger charge is 2.19. The van der Waals surface area contributed by atoms with Crippen molar-refractivity contribution in [2.24, 2.45) is 0 Å². The molecular formula is C23H28N2O2. The highest BCUT2D eigenvalue weighted by Crippen LogP contribution is 2.21. The summed E-state index contributed by atoms with van der Waals surface area (Å²) in [6.45, 7) is 9.36. The van der Waals surface area contributed by atoms with Crippen LogP contribution in [0.1, 0.15) is 41.6 Å². The molecule has 3 aromatic rings. The molecule has 4 nitrogen and oxygen atoms in total. The van der Waals surface area contributed by atoms with Crippen LogP contribution in [0.15, 0.2) is 59.0 Å². The molecule has 27 heavy (non-hydrogen) atoms. The van der Waals surface area contributed by atoms with Crippen molar-refractivity contribution < 1.29 is 9.21 Å². The van der Waals surface area contributed by atoms with Crippen LogP contribution in [0.25, 0.3) is 11.0 Å². The average Bonchev–Trinajstić information content (AvgIpc) is 3.12. The lowest BCUT2D eigenvalue weighted by atomic mass is 10.0. The fraction of sp³-hybridized carbons (Fsp3) is 0.348. The van der Waals surface area contributed by atoms with Gasteiger partial charge in [-0.1, -0.05) is 61.9 Å². The van der Waals surface area contributed by atoms with Gasteiger partial charge in [-0.25, -0.2) is 0 Å². The lowest BCUT2D eigenvalue weighted by molar-refractivity contribution is 0.0962. The zero-order chi connectivity index (χ0) is 19.2. The summed E-state index contributed by atoms with van der Waals surface area (Å²) in [5.41, 5.74) is 3.28. The topological polar surface area (TPSA) is 45.5 Å². The number of carbonyl (C=O) groups is 1. The van der Waals surface area contributed by atoms with E-state index < -0.39 is 0 Å². The van der Waals surface area contributed by atoms with E-state index in [2.05, 4.69) is 55.3 Å². The summed E-state index contributed by atoms with van der Waals surface area (Å²) >= 11 is 0. The van der Waals surface area contributed by atoms with Gasteiger partial charge in [-0.15, -0.1) is 0 Å². The van der Waals surface area contributed by atoms with Crippen LogP contribution in [-0.2, 0) is 0 Å². The zero-order valence-corrected chi connectivity index (χ0v) is 16.4. The second kappa shape index (κ2) is 8.98. The first-order chi connectivity index (χ1) is 13.1. The van der Waals surface area contributed by atoms with Gasteiger partial charge >= 0.3 is 0 Å². The molecule has 0 saturated carbocycles. The van der Waals surface area contributed by atoms with E-state index in [1.54, 1.807) is 0 Å². The van der Waals surface area contributed by atoms with Crippen LogP contribution in [0.2, 0.25) is 0 Å². The third kappa shape index (κ3) is 4.65. The maximum Gasteiger partial charge on any atom is 0.211 e. The van der Waals surface area contributed by atoms with E-state index in [9.17, 15) is 4.79 Å². The summed E-state index contributed by atoms with van der Waals surface area (Å²) < 4.78 is 5.68. The summed E-state index contributed by atoms with van der Waals surface area (Å²) in [6.07, 6.45) is 0. The molecule has 0 aliphatic carbocycles. The van der Waals surface area contributed by atoms with Crippen molar-refractivity contribution >= 4 is 16.8 Å². The Morgan fingerprint density at radius 3 is 2.44 bits per heavy atom. The number of ketones is 1. The second-order valence-electron chi connectivity index (χ2n) is 6.85. The largest absolute Gasteiger partial charge is 0.453 e. The van der Waals surface area contributed by atoms with Crippen molar-refractivity contribution in [3.63, 3.8) is 0 Å². The Kier molecular flexibility index (Phi) is 6.43. The summed E-state index contributed by atoms with van der Waals surface area (Å²) in [4.78, 5) is 14.9. The molecule has 0 radical (unpaired) electrons. The molecule has 0 saturated heterocycles. The number of nitrogens with one attached hydrogen (secondary N) is 1. The van der Waals surface area contributed by atoms with E-state index >= 15 is 0 Å². The monoisotopic (exact) mass is 364 g/mol. The van der Waals surface area contributed by atoms with Crippen LogP contribution in [-0.4, -0.2) is 36.9 Å². The van der Waals surface area contributed by atoms with Gasteiger partial charge in [-0.05, 0) is 37.7 Å². The molecule has 1 N–H and O–H groups in total. The maximum atomic E-state index is 12.5. The summed E-state index contributed by atoms with van der Waals surface area (Å²) in [5, 5.41) is 4.30. The molecule has 0 fully saturated rings. The first-order valence-corrected chi connectivity index (χ1v) is 9.65. The number of Topliss-reactive ketones (excluding diaryl/α,β-unsaturated/α-hetero) is 1. The number of hydrogen-bond donors (Lipinski definition) is 1. The molecule has 3 rings (SSSR count). The van der Waals surface area contributed by atoms with Crippen LogP contribution in [0.4, 0.5) is 0 Å². The number of likely N-dealkylation sites (N-methyl/N-ethyl adjacent to an activating group) is 1. The van der Waals surface area contributed by atoms with E-state index in [0.29, 0.717) is 5.76 Å². The molecule has 0 bridgehead atoms. The minimum absolute atomic E-state index is 0.0200. The van der Waals surface area contributed by atoms with Gasteiger partial charge in [0.05, 0.1) is 6.54 Å². The number of rotatable bonds is 9. The molecule has 2 aromatic carbocycles. The Morgan fingerprint density at radius 1 is 1.07 bits per heavy atom. The smallest absolute Gasteiger partial charge is 0.211 e. The standard InChI is InChI=1S/C23H28N2O2/c1-4-25(5-2)20(18-12-10-17(3)11-13-18)15-24-16-21(26)23-14-19-8-6-7-9-22(19)27-23/h6-14,20,24H,4-5,15-16H2,1-3H3. The Morgan fingerprint density at radius 2 is 1.78 bits per heavy atom. The SMILES string of the molecule is CCN(CC)C(CNCC(=O)c1cc2ccccc2o1)c1ccc(C)cc1. The van der Waals surface area contributed by atoms with Gasteiger partial charge in [0.1, 0.15) is 5.58 Å². The van der Waals surface area contributed by atoms with Gasteiger partial charge in [0, 0.05) is 18.0 Å². The van der Waals surface area contributed by atoms with Gasteiger partial charge in [0.25, 0.3) is 0 Å². The van der Waals surface area contributed by atoms with Crippen LogP contribution >= 0.6 is 0 Å². The van der Waals surface area contributed by atoms with Crippen molar-refractivity contribution in [3.8, 4) is 0 Å². The molecule has 0 aliphatic rings. The molecule has 142 valence electrons. The fourth-order valence-electron chi connectivity index (χ4n) is 3.44. The Balaban J connectivity index is 1.65. The molecule has 0 spiro atoms. The Labute approximate surface area is 161 Å². The lowest BCUT2D eigenvalue weighted by Gasteiger charge is -2.30. The number of benzene rings is 2. The van der Waals surface area contributed by atoms with Crippen molar-refractivity contribution in [2.45, 2.75) is 26.8 Å². The number of carbonyl (C=O) groups excluding carboxylic acids is 1. The third-order valence-electron chi connectivity index (χ3n) is 5.04. The number of nitrogens with zero attached hydrogens (tertiary/aromatic N) is 1. The van der Waals surface area contributed by atoms with E-state index in [-0.39, 0.29) is 18.4 Å². The predicted molar refractivity (Wildman–Crippen MR) is 110 cm³/mol. The first-order valence-electron chi connectivity index (χ1n) is 9.65. The lowest BCUT2D eigenvalue weighted by Crippen LogP contribution is -2.37. The molecule has 0 amide bonds. The van der Waals surface area contributed by atoms with Gasteiger partial charge in [-0.2, -0.15) is 0 Å². The van der Waals surface area contributed by atoms with Crippen LogP contribution in [0.5, 0.6) is 0 Å². The minimum atomic E-state index is -0.0200. The van der Waals surface area contributed by atoms with Gasteiger partial charge in [0.15, 0.2) is 5.76 Å².